The second-order valence-electron chi connectivity index (χ2n) is 4.29. The number of hydrogen-bond acceptors (Lipinski definition) is 3. The smallest absolute Gasteiger partial charge is 0.182 e. The van der Waals surface area contributed by atoms with Crippen LogP contribution in [0.5, 0.6) is 0 Å². The van der Waals surface area contributed by atoms with E-state index in [0.29, 0.717) is 22.1 Å². The maximum absolute atomic E-state index is 13.0. The highest BCUT2D eigenvalue weighted by Crippen LogP contribution is 2.27. The van der Waals surface area contributed by atoms with Crippen LogP contribution < -0.4 is 0 Å². The Morgan fingerprint density at radius 2 is 1.62 bits per heavy atom. The van der Waals surface area contributed by atoms with Crippen LogP contribution in [0.4, 0.5) is 4.39 Å². The van der Waals surface area contributed by atoms with Crippen molar-refractivity contribution in [3.05, 3.63) is 64.5 Å². The summed E-state index contributed by atoms with van der Waals surface area (Å²) in [6.45, 7) is 0. The average Bonchev–Trinajstić information content (AvgIpc) is 2.49. The molecule has 6 heteroatoms. The molecule has 0 aliphatic rings. The van der Waals surface area contributed by atoms with Crippen LogP contribution in [0.25, 0.3) is 22.6 Å². The summed E-state index contributed by atoms with van der Waals surface area (Å²) in [5.41, 5.74) is 1.88. The summed E-state index contributed by atoms with van der Waals surface area (Å²) < 4.78 is 13.0. The molecule has 0 radical (unpaired) electrons. The lowest BCUT2D eigenvalue weighted by Crippen LogP contribution is -1.97. The highest BCUT2D eigenvalue weighted by molar-refractivity contribution is 6.32. The fraction of sp³-hybridized carbons (Fsp3) is 0. The normalized spacial score (nSPS) is 10.6. The molecular formula is C15H8Cl2FN3. The van der Waals surface area contributed by atoms with Gasteiger partial charge in [-0.2, -0.15) is 0 Å². The van der Waals surface area contributed by atoms with Gasteiger partial charge < -0.3 is 0 Å². The quantitative estimate of drug-likeness (QED) is 0.690. The van der Waals surface area contributed by atoms with Crippen molar-refractivity contribution in [2.45, 2.75) is 0 Å². The average molecular weight is 320 g/mol. The van der Waals surface area contributed by atoms with E-state index in [1.807, 2.05) is 6.07 Å². The molecule has 21 heavy (non-hydrogen) atoms. The monoisotopic (exact) mass is 319 g/mol. The van der Waals surface area contributed by atoms with Gasteiger partial charge in [0.2, 0.25) is 0 Å². The molecule has 0 unspecified atom stereocenters. The maximum atomic E-state index is 13.0. The van der Waals surface area contributed by atoms with Gasteiger partial charge in [0.05, 0.1) is 0 Å². The summed E-state index contributed by atoms with van der Waals surface area (Å²) in [7, 11) is 0. The van der Waals surface area contributed by atoms with Crippen molar-refractivity contribution in [3.63, 3.8) is 0 Å². The molecule has 0 bridgehead atoms. The number of halogens is 3. The van der Waals surface area contributed by atoms with Crippen LogP contribution in [0.15, 0.2) is 48.5 Å². The van der Waals surface area contributed by atoms with Crippen molar-refractivity contribution in [1.29, 1.82) is 0 Å². The fourth-order valence-electron chi connectivity index (χ4n) is 1.85. The molecule has 1 aromatic heterocycles. The van der Waals surface area contributed by atoms with Gasteiger partial charge in [-0.25, -0.2) is 9.37 Å². The van der Waals surface area contributed by atoms with Gasteiger partial charge in [0, 0.05) is 16.1 Å². The third-order valence-electron chi connectivity index (χ3n) is 2.85. The molecule has 3 nitrogen and oxygen atoms in total. The first-order valence-electron chi connectivity index (χ1n) is 6.05. The molecule has 0 saturated heterocycles. The van der Waals surface area contributed by atoms with Crippen LogP contribution in [0.2, 0.25) is 10.2 Å². The Bertz CT molecular complexity index is 791. The minimum absolute atomic E-state index is 0.183. The Labute approximate surface area is 130 Å². The van der Waals surface area contributed by atoms with Crippen molar-refractivity contribution < 1.29 is 4.39 Å². The Balaban J connectivity index is 2.10. The molecule has 0 fully saturated rings. The number of benzene rings is 2. The zero-order chi connectivity index (χ0) is 14.8. The van der Waals surface area contributed by atoms with E-state index in [1.54, 1.807) is 30.3 Å². The molecule has 0 aliphatic heterocycles. The van der Waals surface area contributed by atoms with E-state index in [-0.39, 0.29) is 11.0 Å². The molecule has 1 heterocycles. The maximum Gasteiger partial charge on any atom is 0.182 e. The lowest BCUT2D eigenvalue weighted by Gasteiger charge is -2.05. The van der Waals surface area contributed by atoms with E-state index < -0.39 is 0 Å². The highest BCUT2D eigenvalue weighted by atomic mass is 35.5. The summed E-state index contributed by atoms with van der Waals surface area (Å²) in [5.74, 6) is 0.0464. The van der Waals surface area contributed by atoms with Gasteiger partial charge >= 0.3 is 0 Å². The highest BCUT2D eigenvalue weighted by Gasteiger charge is 2.11. The first-order chi connectivity index (χ1) is 10.1. The summed E-state index contributed by atoms with van der Waals surface area (Å²) >= 11 is 12.0. The first kappa shape index (κ1) is 13.9. The number of rotatable bonds is 2. The van der Waals surface area contributed by atoms with Crippen LogP contribution in [0.3, 0.4) is 0 Å². The Morgan fingerprint density at radius 3 is 2.33 bits per heavy atom. The minimum Gasteiger partial charge on any atom is -0.223 e. The van der Waals surface area contributed by atoms with Gasteiger partial charge in [0.1, 0.15) is 11.5 Å². The molecule has 0 atom stereocenters. The molecule has 0 aliphatic carbocycles. The van der Waals surface area contributed by atoms with E-state index in [4.69, 9.17) is 23.2 Å². The zero-order valence-corrected chi connectivity index (χ0v) is 12.1. The largest absolute Gasteiger partial charge is 0.223 e. The van der Waals surface area contributed by atoms with Gasteiger partial charge in [-0.05, 0) is 36.4 Å². The first-order valence-corrected chi connectivity index (χ1v) is 6.81. The third kappa shape index (κ3) is 3.01. The van der Waals surface area contributed by atoms with Crippen molar-refractivity contribution in [3.8, 4) is 22.6 Å². The van der Waals surface area contributed by atoms with Gasteiger partial charge in [-0.3, -0.25) is 0 Å². The van der Waals surface area contributed by atoms with Crippen molar-refractivity contribution in [2.24, 2.45) is 0 Å². The van der Waals surface area contributed by atoms with Crippen LogP contribution in [0.1, 0.15) is 0 Å². The van der Waals surface area contributed by atoms with Crippen molar-refractivity contribution in [1.82, 2.24) is 15.2 Å². The summed E-state index contributed by atoms with van der Waals surface area (Å²) in [6, 6.07) is 13.0. The van der Waals surface area contributed by atoms with Gasteiger partial charge in [0.25, 0.3) is 0 Å². The van der Waals surface area contributed by atoms with E-state index in [9.17, 15) is 4.39 Å². The lowest BCUT2D eigenvalue weighted by atomic mass is 10.1. The van der Waals surface area contributed by atoms with Crippen molar-refractivity contribution in [2.75, 3.05) is 0 Å². The molecule has 3 aromatic rings. The molecular weight excluding hydrogens is 312 g/mol. The van der Waals surface area contributed by atoms with E-state index >= 15 is 0 Å². The van der Waals surface area contributed by atoms with Crippen LogP contribution >= 0.6 is 23.2 Å². The Hall–Kier alpha value is -2.04. The Kier molecular flexibility index (Phi) is 3.82. The number of hydrogen-bond donors (Lipinski definition) is 0. The standard InChI is InChI=1S/C15H8Cl2FN3/c16-11-3-1-2-10(8-11)13-14(17)20-21-15(19-13)9-4-6-12(18)7-5-9/h1-8H. The topological polar surface area (TPSA) is 38.7 Å². The van der Waals surface area contributed by atoms with Crippen LogP contribution in [-0.2, 0) is 0 Å². The van der Waals surface area contributed by atoms with Crippen LogP contribution in [0, 0.1) is 5.82 Å². The molecule has 0 spiro atoms. The number of nitrogens with zero attached hydrogens (tertiary/aromatic N) is 3. The molecule has 0 N–H and O–H groups in total. The van der Waals surface area contributed by atoms with E-state index in [2.05, 4.69) is 15.2 Å². The van der Waals surface area contributed by atoms with Gasteiger partial charge in [-0.15, -0.1) is 10.2 Å². The number of aromatic nitrogens is 3. The SMILES string of the molecule is Fc1ccc(-c2nnc(Cl)c(-c3cccc(Cl)c3)n2)cc1. The molecule has 3 rings (SSSR count). The third-order valence-corrected chi connectivity index (χ3v) is 3.34. The van der Waals surface area contributed by atoms with E-state index in [1.165, 1.54) is 12.1 Å². The summed E-state index contributed by atoms with van der Waals surface area (Å²) in [4.78, 5) is 4.40. The molecule has 2 aromatic carbocycles. The predicted molar refractivity (Wildman–Crippen MR) is 80.7 cm³/mol. The molecule has 0 saturated carbocycles. The molecule has 104 valence electrons. The minimum atomic E-state index is -0.323. The summed E-state index contributed by atoms with van der Waals surface area (Å²) in [5, 5.41) is 8.60. The Morgan fingerprint density at radius 1 is 0.857 bits per heavy atom. The predicted octanol–water partition coefficient (Wildman–Crippen LogP) is 4.65. The van der Waals surface area contributed by atoms with Gasteiger partial charge in [-0.1, -0.05) is 35.3 Å². The summed E-state index contributed by atoms with van der Waals surface area (Å²) in [6.07, 6.45) is 0. The van der Waals surface area contributed by atoms with Crippen LogP contribution in [-0.4, -0.2) is 15.2 Å². The zero-order valence-electron chi connectivity index (χ0n) is 10.6. The molecule has 0 amide bonds. The second kappa shape index (κ2) is 5.76. The van der Waals surface area contributed by atoms with Gasteiger partial charge in [0.15, 0.2) is 11.0 Å². The van der Waals surface area contributed by atoms with E-state index in [0.717, 1.165) is 5.56 Å². The second-order valence-corrected chi connectivity index (χ2v) is 5.09. The lowest BCUT2D eigenvalue weighted by molar-refractivity contribution is 0.628. The fourth-order valence-corrected chi connectivity index (χ4v) is 2.23. The van der Waals surface area contributed by atoms with Crippen molar-refractivity contribution >= 4 is 23.2 Å².